The van der Waals surface area contributed by atoms with Gasteiger partial charge in [-0.25, -0.2) is 14.1 Å². The largest absolute Gasteiger partial charge is 0.322 e. The number of carbonyl (C=O) groups is 1. The fourth-order valence-electron chi connectivity index (χ4n) is 2.55. The van der Waals surface area contributed by atoms with Crippen LogP contribution in [0, 0.1) is 5.82 Å². The molecule has 4 aromatic rings. The van der Waals surface area contributed by atoms with Gasteiger partial charge in [0, 0.05) is 5.69 Å². The van der Waals surface area contributed by atoms with Crippen molar-refractivity contribution in [2.45, 2.75) is 6.54 Å². The first kappa shape index (κ1) is 16.5. The number of amides is 1. The van der Waals surface area contributed by atoms with Crippen LogP contribution in [0.2, 0.25) is 0 Å². The molecule has 2 aromatic carbocycles. The van der Waals surface area contributed by atoms with E-state index in [1.807, 2.05) is 12.1 Å². The Bertz CT molecular complexity index is 1050. The molecule has 2 aromatic heterocycles. The van der Waals surface area contributed by atoms with Crippen LogP contribution in [-0.2, 0) is 6.54 Å². The molecule has 4 rings (SSSR count). The number of benzene rings is 2. The van der Waals surface area contributed by atoms with Gasteiger partial charge in [0.15, 0.2) is 0 Å². The van der Waals surface area contributed by atoms with Gasteiger partial charge < -0.3 is 5.32 Å². The van der Waals surface area contributed by atoms with Gasteiger partial charge in [-0.05, 0) is 46.3 Å². The number of nitrogens with zero attached hydrogens (tertiary/aromatic N) is 7. The smallest absolute Gasteiger partial charge is 0.257 e. The van der Waals surface area contributed by atoms with Crippen molar-refractivity contribution in [1.29, 1.82) is 0 Å². The third-order valence-corrected chi connectivity index (χ3v) is 3.82. The first-order valence-electron chi connectivity index (χ1n) is 7.95. The molecule has 1 amide bonds. The first-order chi connectivity index (χ1) is 13.2. The second-order valence-corrected chi connectivity index (χ2v) is 5.66. The predicted molar refractivity (Wildman–Crippen MR) is 92.6 cm³/mol. The fourth-order valence-corrected chi connectivity index (χ4v) is 2.55. The SMILES string of the molecule is O=C(Nc1ccc(Cn2cncn2)cc1)c1cc(F)ccc1-n1cnnn1. The van der Waals surface area contributed by atoms with Gasteiger partial charge in [-0.2, -0.15) is 9.78 Å². The van der Waals surface area contributed by atoms with Crippen molar-refractivity contribution in [2.75, 3.05) is 5.32 Å². The molecule has 134 valence electrons. The molecule has 0 saturated heterocycles. The van der Waals surface area contributed by atoms with Gasteiger partial charge in [-0.15, -0.1) is 5.10 Å². The summed E-state index contributed by atoms with van der Waals surface area (Å²) in [4.78, 5) is 16.5. The number of anilines is 1. The van der Waals surface area contributed by atoms with Crippen molar-refractivity contribution in [3.63, 3.8) is 0 Å². The standard InChI is InChI=1S/C17H13FN8O/c18-13-3-6-16(26-11-20-23-24-26)15(7-13)17(27)22-14-4-1-12(2-5-14)8-25-10-19-9-21-25/h1-7,9-11H,8H2,(H,22,27). The van der Waals surface area contributed by atoms with E-state index in [0.717, 1.165) is 11.6 Å². The highest BCUT2D eigenvalue weighted by Crippen LogP contribution is 2.18. The van der Waals surface area contributed by atoms with Gasteiger partial charge in [0.05, 0.1) is 17.8 Å². The van der Waals surface area contributed by atoms with Crippen LogP contribution in [0.3, 0.4) is 0 Å². The van der Waals surface area contributed by atoms with Crippen LogP contribution in [-0.4, -0.2) is 40.9 Å². The van der Waals surface area contributed by atoms with Crippen molar-refractivity contribution < 1.29 is 9.18 Å². The van der Waals surface area contributed by atoms with E-state index >= 15 is 0 Å². The van der Waals surface area contributed by atoms with Gasteiger partial charge in [-0.3, -0.25) is 4.79 Å². The first-order valence-corrected chi connectivity index (χ1v) is 7.95. The number of aromatic nitrogens is 7. The third-order valence-electron chi connectivity index (χ3n) is 3.82. The zero-order valence-corrected chi connectivity index (χ0v) is 13.9. The van der Waals surface area contributed by atoms with Crippen LogP contribution in [0.1, 0.15) is 15.9 Å². The molecule has 0 bridgehead atoms. The molecule has 0 radical (unpaired) electrons. The molecule has 9 nitrogen and oxygen atoms in total. The van der Waals surface area contributed by atoms with Crippen molar-refractivity contribution in [1.82, 2.24) is 35.0 Å². The van der Waals surface area contributed by atoms with Crippen molar-refractivity contribution in [2.24, 2.45) is 0 Å². The summed E-state index contributed by atoms with van der Waals surface area (Å²) in [5.41, 5.74) is 2.07. The molecule has 0 aliphatic carbocycles. The maximum absolute atomic E-state index is 13.7. The van der Waals surface area contributed by atoms with Crippen molar-refractivity contribution >= 4 is 11.6 Å². The van der Waals surface area contributed by atoms with Gasteiger partial charge in [0.25, 0.3) is 5.91 Å². The van der Waals surface area contributed by atoms with Crippen molar-refractivity contribution in [3.8, 4) is 5.69 Å². The molecule has 0 aliphatic heterocycles. The Kier molecular flexibility index (Phi) is 4.35. The lowest BCUT2D eigenvalue weighted by Gasteiger charge is -2.10. The monoisotopic (exact) mass is 364 g/mol. The van der Waals surface area contributed by atoms with Crippen LogP contribution in [0.4, 0.5) is 10.1 Å². The highest BCUT2D eigenvalue weighted by atomic mass is 19.1. The third kappa shape index (κ3) is 3.68. The molecule has 1 N–H and O–H groups in total. The van der Waals surface area contributed by atoms with E-state index < -0.39 is 11.7 Å². The Hall–Kier alpha value is -3.95. The second-order valence-electron chi connectivity index (χ2n) is 5.66. The molecular weight excluding hydrogens is 351 g/mol. The van der Waals surface area contributed by atoms with Gasteiger partial charge in [0.2, 0.25) is 0 Å². The highest BCUT2D eigenvalue weighted by Gasteiger charge is 2.15. The summed E-state index contributed by atoms with van der Waals surface area (Å²) < 4.78 is 16.7. The second kappa shape index (κ2) is 7.12. The number of hydrogen-bond acceptors (Lipinski definition) is 6. The Balaban J connectivity index is 1.53. The minimum Gasteiger partial charge on any atom is -0.322 e. The van der Waals surface area contributed by atoms with Gasteiger partial charge >= 0.3 is 0 Å². The normalized spacial score (nSPS) is 10.7. The molecule has 0 saturated carbocycles. The van der Waals surface area contributed by atoms with Crippen LogP contribution < -0.4 is 5.32 Å². The lowest BCUT2D eigenvalue weighted by Crippen LogP contribution is -2.16. The topological polar surface area (TPSA) is 103 Å². The molecule has 0 atom stereocenters. The average Bonchev–Trinajstić information content (AvgIpc) is 3.37. The van der Waals surface area contributed by atoms with Crippen LogP contribution in [0.5, 0.6) is 0 Å². The lowest BCUT2D eigenvalue weighted by atomic mass is 10.1. The Morgan fingerprint density at radius 1 is 1.11 bits per heavy atom. The van der Waals surface area contributed by atoms with E-state index in [9.17, 15) is 9.18 Å². The molecule has 10 heteroatoms. The number of hydrogen-bond donors (Lipinski definition) is 1. The minimum atomic E-state index is -0.528. The zero-order chi connectivity index (χ0) is 18.6. The predicted octanol–water partition coefficient (Wildman–Crippen LogP) is 1.69. The number of nitrogens with one attached hydrogen (secondary N) is 1. The molecular formula is C17H13FN8O. The Morgan fingerprint density at radius 2 is 1.96 bits per heavy atom. The number of tetrazole rings is 1. The van der Waals surface area contributed by atoms with E-state index in [0.29, 0.717) is 17.9 Å². The summed E-state index contributed by atoms with van der Waals surface area (Å²) in [6.07, 6.45) is 4.43. The fraction of sp³-hybridized carbons (Fsp3) is 0.0588. The van der Waals surface area contributed by atoms with Crippen LogP contribution >= 0.6 is 0 Å². The number of carbonyl (C=O) groups excluding carboxylic acids is 1. The van der Waals surface area contributed by atoms with Gasteiger partial charge in [0.1, 0.15) is 24.8 Å². The number of halogens is 1. The van der Waals surface area contributed by atoms with E-state index in [-0.39, 0.29) is 5.56 Å². The maximum atomic E-state index is 13.7. The average molecular weight is 364 g/mol. The molecule has 0 spiro atoms. The summed E-state index contributed by atoms with van der Waals surface area (Å²) >= 11 is 0. The Morgan fingerprint density at radius 3 is 2.67 bits per heavy atom. The van der Waals surface area contributed by atoms with Crippen LogP contribution in [0.25, 0.3) is 5.69 Å². The summed E-state index contributed by atoms with van der Waals surface area (Å²) in [5, 5.41) is 17.6. The molecule has 27 heavy (non-hydrogen) atoms. The zero-order valence-electron chi connectivity index (χ0n) is 13.9. The lowest BCUT2D eigenvalue weighted by molar-refractivity contribution is 0.102. The summed E-state index contributed by atoms with van der Waals surface area (Å²) in [5.74, 6) is -0.996. The number of rotatable bonds is 5. The summed E-state index contributed by atoms with van der Waals surface area (Å²) in [7, 11) is 0. The van der Waals surface area contributed by atoms with E-state index in [1.54, 1.807) is 23.1 Å². The molecule has 0 aliphatic rings. The summed E-state index contributed by atoms with van der Waals surface area (Å²) in [6, 6.07) is 11.1. The maximum Gasteiger partial charge on any atom is 0.257 e. The van der Waals surface area contributed by atoms with E-state index in [2.05, 4.69) is 30.9 Å². The van der Waals surface area contributed by atoms with E-state index in [4.69, 9.17) is 0 Å². The molecule has 2 heterocycles. The molecule has 0 fully saturated rings. The van der Waals surface area contributed by atoms with E-state index in [1.165, 1.54) is 29.5 Å². The highest BCUT2D eigenvalue weighted by molar-refractivity contribution is 6.06. The minimum absolute atomic E-state index is 0.119. The quantitative estimate of drug-likeness (QED) is 0.578. The van der Waals surface area contributed by atoms with Gasteiger partial charge in [-0.1, -0.05) is 12.1 Å². The summed E-state index contributed by atoms with van der Waals surface area (Å²) in [6.45, 7) is 0.571. The molecule has 0 unspecified atom stereocenters. The van der Waals surface area contributed by atoms with Crippen molar-refractivity contribution in [3.05, 3.63) is 78.4 Å². The van der Waals surface area contributed by atoms with Crippen LogP contribution in [0.15, 0.2) is 61.4 Å². The Labute approximate surface area is 152 Å².